The summed E-state index contributed by atoms with van der Waals surface area (Å²) in [5.41, 5.74) is 21.1. The van der Waals surface area contributed by atoms with E-state index in [1.165, 1.54) is 50.8 Å². The van der Waals surface area contributed by atoms with Crippen LogP contribution in [-0.2, 0) is 0 Å². The average Bonchev–Trinajstić information content (AvgIpc) is 3.17. The van der Waals surface area contributed by atoms with E-state index in [0.29, 0.717) is 13.1 Å². The molecule has 1 saturated heterocycles. The number of fused-ring (bicyclic) bond motifs is 1. The standard InChI is InChI=1S/C28H55N8OS/c1-2-3-4-5-6-7-8-9-10-12-16-28(37)24(38-22-18-34-27(31)32)23-25-35(20-15-21-36(25)28)19-14-11-13-17-33-26(29)30/h2,24,37H,1,3-23H2,(H4,29,30,33)(H4,31,32,34)/q+1. The predicted molar refractivity (Wildman–Crippen MR) is 164 cm³/mol. The summed E-state index contributed by atoms with van der Waals surface area (Å²) in [6.07, 6.45) is 19.2. The molecule has 2 aliphatic heterocycles. The minimum atomic E-state index is -0.797. The van der Waals surface area contributed by atoms with Crippen LogP contribution < -0.4 is 22.9 Å². The summed E-state index contributed by atoms with van der Waals surface area (Å²) in [6.45, 7) is 8.09. The molecule has 9 N–H and O–H groups in total. The highest BCUT2D eigenvalue weighted by molar-refractivity contribution is 8.00. The lowest BCUT2D eigenvalue weighted by Gasteiger charge is -2.35. The van der Waals surface area contributed by atoms with Gasteiger partial charge in [0, 0.05) is 25.1 Å². The number of thioether (sulfide) groups is 1. The van der Waals surface area contributed by atoms with Gasteiger partial charge in [-0.05, 0) is 38.5 Å². The Morgan fingerprint density at radius 2 is 1.58 bits per heavy atom. The zero-order chi connectivity index (χ0) is 27.6. The number of hydrogen-bond donors (Lipinski definition) is 5. The Kier molecular flexibility index (Phi) is 15.6. The highest BCUT2D eigenvalue weighted by Gasteiger charge is 2.57. The Hall–Kier alpha value is -1.94. The van der Waals surface area contributed by atoms with Gasteiger partial charge in [0.1, 0.15) is 0 Å². The summed E-state index contributed by atoms with van der Waals surface area (Å²) in [5, 5.41) is 12.3. The summed E-state index contributed by atoms with van der Waals surface area (Å²) < 4.78 is 2.51. The van der Waals surface area contributed by atoms with Crippen molar-refractivity contribution in [1.82, 2.24) is 4.90 Å². The fourth-order valence-electron chi connectivity index (χ4n) is 5.64. The van der Waals surface area contributed by atoms with Gasteiger partial charge in [-0.1, -0.05) is 44.6 Å². The van der Waals surface area contributed by atoms with Crippen molar-refractivity contribution in [2.75, 3.05) is 38.5 Å². The predicted octanol–water partition coefficient (Wildman–Crippen LogP) is 3.10. The summed E-state index contributed by atoms with van der Waals surface area (Å²) in [5.74, 6) is 2.43. The lowest BCUT2D eigenvalue weighted by Crippen LogP contribution is -2.54. The monoisotopic (exact) mass is 551 g/mol. The normalized spacial score (nSPS) is 20.9. The zero-order valence-electron chi connectivity index (χ0n) is 23.7. The molecule has 1 fully saturated rings. The van der Waals surface area contributed by atoms with E-state index in [-0.39, 0.29) is 17.2 Å². The molecule has 2 heterocycles. The summed E-state index contributed by atoms with van der Waals surface area (Å²) in [4.78, 5) is 10.6. The first-order valence-corrected chi connectivity index (χ1v) is 15.9. The fraction of sp³-hybridized carbons (Fsp3) is 0.821. The van der Waals surface area contributed by atoms with E-state index in [2.05, 4.69) is 26.0 Å². The second-order valence-electron chi connectivity index (χ2n) is 10.7. The number of nitrogens with two attached hydrogens (primary N) is 4. The van der Waals surface area contributed by atoms with Gasteiger partial charge in [0.2, 0.25) is 5.72 Å². The van der Waals surface area contributed by atoms with Crippen molar-refractivity contribution in [1.29, 1.82) is 0 Å². The number of amidine groups is 1. The smallest absolute Gasteiger partial charge is 0.250 e. The van der Waals surface area contributed by atoms with Gasteiger partial charge in [-0.15, -0.1) is 18.3 Å². The van der Waals surface area contributed by atoms with Gasteiger partial charge in [-0.25, -0.2) is 4.90 Å². The third kappa shape index (κ3) is 11.4. The number of allylic oxidation sites excluding steroid dienone is 1. The molecule has 2 aliphatic rings. The maximum Gasteiger partial charge on any atom is 0.250 e. The van der Waals surface area contributed by atoms with Crippen molar-refractivity contribution in [2.24, 2.45) is 32.9 Å². The van der Waals surface area contributed by atoms with Gasteiger partial charge in [0.15, 0.2) is 11.9 Å². The van der Waals surface area contributed by atoms with Crippen LogP contribution in [0.3, 0.4) is 0 Å². The van der Waals surface area contributed by atoms with Crippen molar-refractivity contribution in [3.05, 3.63) is 12.7 Å². The minimum absolute atomic E-state index is 0.130. The molecule has 38 heavy (non-hydrogen) atoms. The Morgan fingerprint density at radius 3 is 2.26 bits per heavy atom. The van der Waals surface area contributed by atoms with Gasteiger partial charge < -0.3 is 28.0 Å². The summed E-state index contributed by atoms with van der Waals surface area (Å²) >= 11 is 1.82. The SMILES string of the molecule is C=CCCCCCCCCCCC1(O)C(SCCN=C(N)N)CC2=[N+](CCCCCN=C(N)N)CCCN21. The lowest BCUT2D eigenvalue weighted by atomic mass is 9.99. The van der Waals surface area contributed by atoms with Gasteiger partial charge in [0.05, 0.1) is 37.8 Å². The van der Waals surface area contributed by atoms with Crippen LogP contribution in [0, 0.1) is 0 Å². The Bertz CT molecular complexity index is 779. The van der Waals surface area contributed by atoms with Gasteiger partial charge >= 0.3 is 0 Å². The van der Waals surface area contributed by atoms with Crippen LogP contribution in [0.4, 0.5) is 0 Å². The Balaban J connectivity index is 1.91. The third-order valence-electron chi connectivity index (χ3n) is 7.63. The number of aliphatic hydroxyl groups is 1. The van der Waals surface area contributed by atoms with Gasteiger partial charge in [-0.2, -0.15) is 0 Å². The quantitative estimate of drug-likeness (QED) is 0.0482. The number of nitrogens with zero attached hydrogens (tertiary/aromatic N) is 4. The second-order valence-corrected chi connectivity index (χ2v) is 12.0. The molecule has 2 rings (SSSR count). The first kappa shape index (κ1) is 32.3. The molecular formula is C28H55N8OS+. The Labute approximate surface area is 235 Å². The molecule has 0 bridgehead atoms. The highest BCUT2D eigenvalue weighted by atomic mass is 32.2. The van der Waals surface area contributed by atoms with Gasteiger partial charge in [-0.3, -0.25) is 14.6 Å². The second kappa shape index (κ2) is 18.4. The number of guanidine groups is 2. The number of unbranched alkanes of at least 4 members (excludes halogenated alkanes) is 10. The van der Waals surface area contributed by atoms with Crippen LogP contribution in [-0.4, -0.2) is 81.8 Å². The molecule has 0 amide bonds. The number of rotatable bonds is 21. The molecular weight excluding hydrogens is 496 g/mol. The summed E-state index contributed by atoms with van der Waals surface area (Å²) in [6, 6.07) is 0. The van der Waals surface area contributed by atoms with E-state index in [0.717, 1.165) is 76.8 Å². The zero-order valence-corrected chi connectivity index (χ0v) is 24.5. The fourth-order valence-corrected chi connectivity index (χ4v) is 6.90. The number of aliphatic imine (C=N–C) groups is 2. The first-order valence-electron chi connectivity index (χ1n) is 14.8. The van der Waals surface area contributed by atoms with Crippen molar-refractivity contribution >= 4 is 29.5 Å². The van der Waals surface area contributed by atoms with Crippen LogP contribution >= 0.6 is 11.8 Å². The van der Waals surface area contributed by atoms with Crippen molar-refractivity contribution in [3.63, 3.8) is 0 Å². The van der Waals surface area contributed by atoms with Crippen LogP contribution in [0.25, 0.3) is 0 Å². The third-order valence-corrected chi connectivity index (χ3v) is 8.99. The van der Waals surface area contributed by atoms with Crippen LogP contribution in [0.2, 0.25) is 0 Å². The highest BCUT2D eigenvalue weighted by Crippen LogP contribution is 2.41. The molecule has 218 valence electrons. The minimum Gasteiger partial charge on any atom is -0.370 e. The molecule has 0 spiro atoms. The molecule has 0 aromatic heterocycles. The molecule has 9 nitrogen and oxygen atoms in total. The molecule has 2 unspecified atom stereocenters. The van der Waals surface area contributed by atoms with Crippen LogP contribution in [0.15, 0.2) is 22.6 Å². The van der Waals surface area contributed by atoms with Crippen molar-refractivity contribution in [3.8, 4) is 0 Å². The maximum atomic E-state index is 12.1. The average molecular weight is 552 g/mol. The van der Waals surface area contributed by atoms with Crippen molar-refractivity contribution < 1.29 is 9.68 Å². The van der Waals surface area contributed by atoms with E-state index < -0.39 is 5.72 Å². The first-order chi connectivity index (χ1) is 18.4. The molecule has 0 aliphatic carbocycles. The van der Waals surface area contributed by atoms with E-state index in [1.807, 2.05) is 17.8 Å². The molecule has 10 heteroatoms. The number of hydrogen-bond acceptors (Lipinski definition) is 5. The largest absolute Gasteiger partial charge is 0.370 e. The molecule has 2 atom stereocenters. The van der Waals surface area contributed by atoms with Crippen LogP contribution in [0.1, 0.15) is 96.3 Å². The summed E-state index contributed by atoms with van der Waals surface area (Å²) in [7, 11) is 0. The lowest BCUT2D eigenvalue weighted by molar-refractivity contribution is -0.540. The molecule has 0 aromatic carbocycles. The van der Waals surface area contributed by atoms with Gasteiger partial charge in [0.25, 0.3) is 5.84 Å². The molecule has 0 radical (unpaired) electrons. The van der Waals surface area contributed by atoms with Crippen molar-refractivity contribution in [2.45, 2.75) is 107 Å². The van der Waals surface area contributed by atoms with E-state index in [1.54, 1.807) is 0 Å². The maximum absolute atomic E-state index is 12.1. The van der Waals surface area contributed by atoms with Crippen LogP contribution in [0.5, 0.6) is 0 Å². The topological polar surface area (TPSA) is 155 Å². The Morgan fingerprint density at radius 1 is 0.947 bits per heavy atom. The molecule has 0 aromatic rings. The van der Waals surface area contributed by atoms with E-state index in [4.69, 9.17) is 22.9 Å². The van der Waals surface area contributed by atoms with E-state index in [9.17, 15) is 5.11 Å². The molecule has 0 saturated carbocycles. The van der Waals surface area contributed by atoms with E-state index >= 15 is 0 Å².